The van der Waals surface area contributed by atoms with Gasteiger partial charge in [-0.3, -0.25) is 5.41 Å². The number of anilines is 2. The molecule has 0 amide bonds. The van der Waals surface area contributed by atoms with Crippen LogP contribution in [0.3, 0.4) is 0 Å². The fourth-order valence-electron chi connectivity index (χ4n) is 3.65. The van der Waals surface area contributed by atoms with Gasteiger partial charge in [0.1, 0.15) is 10.4 Å². The molecule has 0 saturated carbocycles. The molecule has 6 nitrogen and oxygen atoms in total. The molecule has 3 aromatic carbocycles. The minimum absolute atomic E-state index is 0.382. The van der Waals surface area contributed by atoms with Gasteiger partial charge in [-0.1, -0.05) is 65.6 Å². The molecule has 0 aliphatic heterocycles. The second-order valence-electron chi connectivity index (χ2n) is 8.88. The number of thioether (sulfide) groups is 1. The van der Waals surface area contributed by atoms with Gasteiger partial charge in [0.2, 0.25) is 11.1 Å². The Kier molecular flexibility index (Phi) is 8.71. The van der Waals surface area contributed by atoms with E-state index in [0.717, 1.165) is 39.5 Å². The summed E-state index contributed by atoms with van der Waals surface area (Å²) in [5, 5.41) is 24.2. The van der Waals surface area contributed by atoms with E-state index in [0.29, 0.717) is 21.7 Å². The number of halogens is 3. The molecule has 4 rings (SSSR count). The highest BCUT2D eigenvalue weighted by atomic mass is 32.2. The Hall–Kier alpha value is -3.70. The standard InChI is InChI=1S/C28H27F3N6S2/c1-16-5-14-24(15-17(16)2)33-26(35-27-37-36-19(4)39-27)34-25(38-18(3)32)22-8-6-20(7-9-22)21-10-12-23(13-11-21)28(29,30)31/h5-15,25,32H,1-4H3,(H2,33,34,35,37). The highest BCUT2D eigenvalue weighted by molar-refractivity contribution is 8.13. The van der Waals surface area contributed by atoms with Crippen LogP contribution in [0.1, 0.15) is 39.6 Å². The minimum Gasteiger partial charge on any atom is -0.326 e. The molecule has 202 valence electrons. The molecule has 1 heterocycles. The number of hydrogen-bond donors (Lipinski definition) is 3. The molecule has 0 aliphatic rings. The molecule has 0 spiro atoms. The van der Waals surface area contributed by atoms with Crippen LogP contribution in [0.4, 0.5) is 24.0 Å². The summed E-state index contributed by atoms with van der Waals surface area (Å²) in [5.74, 6) is 0.444. The number of benzene rings is 3. The number of aromatic nitrogens is 2. The molecule has 3 N–H and O–H groups in total. The number of alkyl halides is 3. The Morgan fingerprint density at radius 2 is 1.54 bits per heavy atom. The topological polar surface area (TPSA) is 86.0 Å². The Labute approximate surface area is 233 Å². The third kappa shape index (κ3) is 7.67. The lowest BCUT2D eigenvalue weighted by atomic mass is 10.0. The van der Waals surface area contributed by atoms with Crippen molar-refractivity contribution in [3.63, 3.8) is 0 Å². The van der Waals surface area contributed by atoms with Crippen LogP contribution in [0.25, 0.3) is 11.1 Å². The fraction of sp³-hybridized carbons (Fsp3) is 0.214. The van der Waals surface area contributed by atoms with E-state index in [1.165, 1.54) is 40.8 Å². The van der Waals surface area contributed by atoms with Crippen LogP contribution in [0.15, 0.2) is 71.7 Å². The van der Waals surface area contributed by atoms with Gasteiger partial charge in [0.25, 0.3) is 0 Å². The zero-order valence-corrected chi connectivity index (χ0v) is 23.4. The van der Waals surface area contributed by atoms with Crippen LogP contribution in [0.2, 0.25) is 0 Å². The summed E-state index contributed by atoms with van der Waals surface area (Å²) in [4.78, 5) is 4.91. The van der Waals surface area contributed by atoms with Crippen LogP contribution in [0.5, 0.6) is 0 Å². The number of guanidine groups is 1. The van der Waals surface area contributed by atoms with Gasteiger partial charge in [-0.15, -0.1) is 10.2 Å². The maximum Gasteiger partial charge on any atom is 0.416 e. The predicted molar refractivity (Wildman–Crippen MR) is 156 cm³/mol. The first kappa shape index (κ1) is 28.3. The first-order valence-corrected chi connectivity index (χ1v) is 13.7. The quantitative estimate of drug-likeness (QED) is 0.160. The van der Waals surface area contributed by atoms with E-state index in [9.17, 15) is 13.2 Å². The molecule has 39 heavy (non-hydrogen) atoms. The lowest BCUT2D eigenvalue weighted by Crippen LogP contribution is -2.23. The maximum atomic E-state index is 12.9. The average Bonchev–Trinajstić information content (AvgIpc) is 3.29. The van der Waals surface area contributed by atoms with E-state index in [4.69, 9.17) is 10.4 Å². The minimum atomic E-state index is -4.38. The number of nitrogens with zero attached hydrogens (tertiary/aromatic N) is 3. The molecule has 0 fully saturated rings. The SMILES string of the molecule is CC(=N)SC(/N=C(/Nc1ccc(C)c(C)c1)Nc1nnc(C)s1)c1ccc(-c2ccc(C(F)(F)F)cc2)cc1. The normalized spacial score (nSPS) is 12.7. The third-order valence-electron chi connectivity index (χ3n) is 5.80. The van der Waals surface area contributed by atoms with Crippen LogP contribution in [-0.2, 0) is 6.18 Å². The maximum absolute atomic E-state index is 12.9. The molecule has 11 heteroatoms. The van der Waals surface area contributed by atoms with E-state index in [1.54, 1.807) is 6.92 Å². The molecule has 1 aromatic heterocycles. The molecular formula is C28H27F3N6S2. The third-order valence-corrected chi connectivity index (χ3v) is 7.51. The van der Waals surface area contributed by atoms with Crippen molar-refractivity contribution in [2.45, 2.75) is 39.2 Å². The van der Waals surface area contributed by atoms with Crippen molar-refractivity contribution in [2.75, 3.05) is 10.6 Å². The molecule has 0 radical (unpaired) electrons. The number of nitrogens with one attached hydrogen (secondary N) is 3. The lowest BCUT2D eigenvalue weighted by Gasteiger charge is -2.17. The van der Waals surface area contributed by atoms with Crippen molar-refractivity contribution in [3.8, 4) is 11.1 Å². The van der Waals surface area contributed by atoms with Gasteiger partial charge >= 0.3 is 6.18 Å². The van der Waals surface area contributed by atoms with Gasteiger partial charge in [-0.25, -0.2) is 4.99 Å². The lowest BCUT2D eigenvalue weighted by molar-refractivity contribution is -0.137. The Morgan fingerprint density at radius 3 is 2.08 bits per heavy atom. The number of aryl methyl sites for hydroxylation is 3. The van der Waals surface area contributed by atoms with Gasteiger partial charge in [0.15, 0.2) is 0 Å². The first-order chi connectivity index (χ1) is 18.5. The summed E-state index contributed by atoms with van der Waals surface area (Å²) < 4.78 is 38.8. The first-order valence-electron chi connectivity index (χ1n) is 12.0. The van der Waals surface area contributed by atoms with Gasteiger partial charge < -0.3 is 10.6 Å². The average molecular weight is 569 g/mol. The fourth-order valence-corrected chi connectivity index (χ4v) is 5.02. The molecule has 1 atom stereocenters. The van der Waals surface area contributed by atoms with Crippen LogP contribution in [-0.4, -0.2) is 21.2 Å². The second kappa shape index (κ2) is 12.0. The second-order valence-corrected chi connectivity index (χ2v) is 11.4. The van der Waals surface area contributed by atoms with Gasteiger partial charge in [-0.05, 0) is 79.8 Å². The van der Waals surface area contributed by atoms with Gasteiger partial charge in [0, 0.05) is 5.69 Å². The Morgan fingerprint density at radius 1 is 0.897 bits per heavy atom. The van der Waals surface area contributed by atoms with Gasteiger partial charge in [0.05, 0.1) is 10.6 Å². The van der Waals surface area contributed by atoms with Crippen molar-refractivity contribution in [1.29, 1.82) is 5.41 Å². The summed E-state index contributed by atoms with van der Waals surface area (Å²) in [6.07, 6.45) is -4.38. The van der Waals surface area contributed by atoms with Crippen molar-refractivity contribution < 1.29 is 13.2 Å². The predicted octanol–water partition coefficient (Wildman–Crippen LogP) is 8.46. The summed E-state index contributed by atoms with van der Waals surface area (Å²) in [7, 11) is 0. The van der Waals surface area contributed by atoms with E-state index in [2.05, 4.69) is 20.8 Å². The van der Waals surface area contributed by atoms with E-state index >= 15 is 0 Å². The zero-order chi connectivity index (χ0) is 28.2. The van der Waals surface area contributed by atoms with E-state index < -0.39 is 17.1 Å². The molecular weight excluding hydrogens is 541 g/mol. The summed E-state index contributed by atoms with van der Waals surface area (Å²) in [6, 6.07) is 18.5. The largest absolute Gasteiger partial charge is 0.416 e. The monoisotopic (exact) mass is 568 g/mol. The van der Waals surface area contributed by atoms with Crippen molar-refractivity contribution in [3.05, 3.63) is 94.0 Å². The Bertz CT molecular complexity index is 1480. The van der Waals surface area contributed by atoms with Crippen LogP contribution >= 0.6 is 23.1 Å². The molecule has 0 aliphatic carbocycles. The van der Waals surface area contributed by atoms with E-state index in [-0.39, 0.29) is 0 Å². The molecule has 1 unspecified atom stereocenters. The highest BCUT2D eigenvalue weighted by Gasteiger charge is 2.30. The van der Waals surface area contributed by atoms with Crippen molar-refractivity contribution in [2.24, 2.45) is 4.99 Å². The molecule has 4 aromatic rings. The Balaban J connectivity index is 1.65. The zero-order valence-electron chi connectivity index (χ0n) is 21.7. The number of aliphatic imine (C=N–C) groups is 1. The highest BCUT2D eigenvalue weighted by Crippen LogP contribution is 2.34. The van der Waals surface area contributed by atoms with Crippen molar-refractivity contribution >= 4 is 44.9 Å². The van der Waals surface area contributed by atoms with Crippen molar-refractivity contribution in [1.82, 2.24) is 10.2 Å². The molecule has 0 bridgehead atoms. The van der Waals surface area contributed by atoms with E-state index in [1.807, 2.05) is 63.2 Å². The number of rotatable bonds is 6. The summed E-state index contributed by atoms with van der Waals surface area (Å²) in [6.45, 7) is 7.64. The van der Waals surface area contributed by atoms with Crippen LogP contribution in [0, 0.1) is 26.2 Å². The summed E-state index contributed by atoms with van der Waals surface area (Å²) in [5.41, 5.74) is 4.75. The van der Waals surface area contributed by atoms with Gasteiger partial charge in [-0.2, -0.15) is 13.2 Å². The van der Waals surface area contributed by atoms with Crippen LogP contribution < -0.4 is 10.6 Å². The molecule has 0 saturated heterocycles. The summed E-state index contributed by atoms with van der Waals surface area (Å²) >= 11 is 2.67. The number of hydrogen-bond acceptors (Lipinski definition) is 6. The smallest absolute Gasteiger partial charge is 0.326 e.